The highest BCUT2D eigenvalue weighted by molar-refractivity contribution is 5.76. The number of unbranched alkanes of at least 4 members (excludes halogenated alkanes) is 36. The van der Waals surface area contributed by atoms with Crippen molar-refractivity contribution in [3.63, 3.8) is 0 Å². The van der Waals surface area contributed by atoms with E-state index in [1.165, 1.54) is 218 Å². The van der Waals surface area contributed by atoms with Crippen LogP contribution < -0.4 is 5.32 Å². The lowest BCUT2D eigenvalue weighted by atomic mass is 10.0. The van der Waals surface area contributed by atoms with Crippen molar-refractivity contribution in [2.24, 2.45) is 0 Å². The third-order valence-corrected chi connectivity index (χ3v) is 11.4. The summed E-state index contributed by atoms with van der Waals surface area (Å²) in [5.74, 6) is -0.0754. The van der Waals surface area contributed by atoms with Gasteiger partial charge in [0, 0.05) is 6.42 Å². The first-order chi connectivity index (χ1) is 26.7. The van der Waals surface area contributed by atoms with Crippen molar-refractivity contribution in [1.29, 1.82) is 0 Å². The van der Waals surface area contributed by atoms with E-state index in [4.69, 9.17) is 0 Å². The minimum atomic E-state index is -0.857. The number of rotatable bonds is 45. The molecular formula is C50H97NO3. The summed E-state index contributed by atoms with van der Waals surface area (Å²) in [6.07, 6.45) is 60.6. The molecule has 4 heteroatoms. The first-order valence-corrected chi connectivity index (χ1v) is 24.6. The molecule has 1 amide bonds. The Balaban J connectivity index is 3.43. The van der Waals surface area contributed by atoms with Gasteiger partial charge >= 0.3 is 0 Å². The first kappa shape index (κ1) is 52.9. The van der Waals surface area contributed by atoms with Crippen LogP contribution in [0.15, 0.2) is 24.3 Å². The Morgan fingerprint density at radius 1 is 0.426 bits per heavy atom. The second kappa shape index (κ2) is 46.3. The fourth-order valence-electron chi connectivity index (χ4n) is 7.67. The number of amides is 1. The molecule has 0 rings (SSSR count). The third-order valence-electron chi connectivity index (χ3n) is 11.4. The lowest BCUT2D eigenvalue weighted by Crippen LogP contribution is -2.45. The molecule has 0 aromatic heterocycles. The summed E-state index contributed by atoms with van der Waals surface area (Å²) in [5.41, 5.74) is 0. The lowest BCUT2D eigenvalue weighted by molar-refractivity contribution is -0.123. The molecule has 2 unspecified atom stereocenters. The molecule has 0 aromatic carbocycles. The molecule has 0 aromatic rings. The van der Waals surface area contributed by atoms with E-state index in [0.29, 0.717) is 6.42 Å². The summed E-state index contributed by atoms with van der Waals surface area (Å²) in [6.45, 7) is 4.29. The molecule has 0 fully saturated rings. The zero-order valence-corrected chi connectivity index (χ0v) is 36.8. The van der Waals surface area contributed by atoms with E-state index in [0.717, 1.165) is 32.1 Å². The van der Waals surface area contributed by atoms with Crippen LogP contribution in [0, 0.1) is 0 Å². The van der Waals surface area contributed by atoms with E-state index < -0.39 is 12.1 Å². The lowest BCUT2D eigenvalue weighted by Gasteiger charge is -2.19. The van der Waals surface area contributed by atoms with Gasteiger partial charge in [-0.25, -0.2) is 0 Å². The maximum atomic E-state index is 12.3. The molecular weight excluding hydrogens is 663 g/mol. The van der Waals surface area contributed by atoms with Gasteiger partial charge in [0.2, 0.25) is 5.91 Å². The van der Waals surface area contributed by atoms with Gasteiger partial charge in [-0.3, -0.25) is 4.79 Å². The minimum Gasteiger partial charge on any atom is -0.394 e. The van der Waals surface area contributed by atoms with Crippen molar-refractivity contribution < 1.29 is 15.0 Å². The number of nitrogens with one attached hydrogen (secondary N) is 1. The van der Waals surface area contributed by atoms with Gasteiger partial charge in [-0.15, -0.1) is 0 Å². The van der Waals surface area contributed by atoms with Gasteiger partial charge in [0.15, 0.2) is 0 Å². The van der Waals surface area contributed by atoms with Crippen molar-refractivity contribution in [2.75, 3.05) is 6.61 Å². The molecule has 0 heterocycles. The average molecular weight is 760 g/mol. The molecule has 0 aliphatic heterocycles. The van der Waals surface area contributed by atoms with Crippen LogP contribution in [0.5, 0.6) is 0 Å². The van der Waals surface area contributed by atoms with Gasteiger partial charge < -0.3 is 15.5 Å². The zero-order valence-electron chi connectivity index (χ0n) is 36.8. The molecule has 0 aliphatic rings. The number of aliphatic hydroxyl groups is 2. The molecule has 0 saturated heterocycles. The Labute approximate surface area is 339 Å². The van der Waals surface area contributed by atoms with E-state index in [2.05, 4.69) is 31.3 Å². The van der Waals surface area contributed by atoms with E-state index in [9.17, 15) is 15.0 Å². The van der Waals surface area contributed by atoms with Crippen LogP contribution in [0.25, 0.3) is 0 Å². The Hall–Kier alpha value is -1.13. The summed E-state index contributed by atoms with van der Waals surface area (Å²) >= 11 is 0. The van der Waals surface area contributed by atoms with Crippen LogP contribution in [-0.2, 0) is 4.79 Å². The van der Waals surface area contributed by atoms with Crippen LogP contribution in [0.2, 0.25) is 0 Å². The van der Waals surface area contributed by atoms with Gasteiger partial charge in [-0.1, -0.05) is 256 Å². The summed E-state index contributed by atoms with van der Waals surface area (Å²) in [5, 5.41) is 22.9. The molecule has 0 spiro atoms. The molecule has 320 valence electrons. The van der Waals surface area contributed by atoms with Crippen molar-refractivity contribution in [2.45, 2.75) is 283 Å². The summed E-state index contributed by atoms with van der Waals surface area (Å²) in [7, 11) is 0. The average Bonchev–Trinajstić information content (AvgIpc) is 3.18. The summed E-state index contributed by atoms with van der Waals surface area (Å²) in [6, 6.07) is -0.633. The van der Waals surface area contributed by atoms with Gasteiger partial charge in [0.25, 0.3) is 0 Å². The molecule has 4 nitrogen and oxygen atoms in total. The Morgan fingerprint density at radius 2 is 0.722 bits per heavy atom. The second-order valence-electron chi connectivity index (χ2n) is 16.9. The SMILES string of the molecule is CCCCCCCCCCCCCCCCCCCCCCCCCCCCC/C=C/CC/C=C/C(O)C(CO)NC(=O)CCCCCCCCCCC. The number of carbonyl (C=O) groups is 1. The van der Waals surface area contributed by atoms with Crippen LogP contribution in [0.1, 0.15) is 271 Å². The fraction of sp³-hybridized carbons (Fsp3) is 0.900. The first-order valence-electron chi connectivity index (χ1n) is 24.6. The normalized spacial score (nSPS) is 13.0. The fourth-order valence-corrected chi connectivity index (χ4v) is 7.67. The van der Waals surface area contributed by atoms with Crippen LogP contribution in [0.4, 0.5) is 0 Å². The number of hydrogen-bond acceptors (Lipinski definition) is 3. The van der Waals surface area contributed by atoms with Gasteiger partial charge in [-0.05, 0) is 32.1 Å². The summed E-state index contributed by atoms with van der Waals surface area (Å²) in [4.78, 5) is 12.3. The molecule has 2 atom stereocenters. The number of aliphatic hydroxyl groups excluding tert-OH is 2. The molecule has 0 aliphatic carbocycles. The monoisotopic (exact) mass is 760 g/mol. The van der Waals surface area contributed by atoms with Crippen molar-refractivity contribution in [3.8, 4) is 0 Å². The number of hydrogen-bond donors (Lipinski definition) is 3. The van der Waals surface area contributed by atoms with Crippen LogP contribution in [0.3, 0.4) is 0 Å². The molecule has 0 saturated carbocycles. The Morgan fingerprint density at radius 3 is 1.07 bits per heavy atom. The highest BCUT2D eigenvalue weighted by Crippen LogP contribution is 2.17. The van der Waals surface area contributed by atoms with Gasteiger partial charge in [0.1, 0.15) is 0 Å². The molecule has 3 N–H and O–H groups in total. The Kier molecular flexibility index (Phi) is 45.3. The summed E-state index contributed by atoms with van der Waals surface area (Å²) < 4.78 is 0. The zero-order chi connectivity index (χ0) is 39.3. The smallest absolute Gasteiger partial charge is 0.220 e. The molecule has 0 bridgehead atoms. The largest absolute Gasteiger partial charge is 0.394 e. The maximum Gasteiger partial charge on any atom is 0.220 e. The number of carbonyl (C=O) groups excluding carboxylic acids is 1. The van der Waals surface area contributed by atoms with Crippen molar-refractivity contribution in [3.05, 3.63) is 24.3 Å². The predicted molar refractivity (Wildman–Crippen MR) is 239 cm³/mol. The van der Waals surface area contributed by atoms with E-state index >= 15 is 0 Å². The van der Waals surface area contributed by atoms with Gasteiger partial charge in [0.05, 0.1) is 18.8 Å². The molecule has 54 heavy (non-hydrogen) atoms. The third kappa shape index (κ3) is 42.0. The predicted octanol–water partition coefficient (Wildman–Crippen LogP) is 15.6. The minimum absolute atomic E-state index is 0.0754. The highest BCUT2D eigenvalue weighted by atomic mass is 16.3. The van der Waals surface area contributed by atoms with Crippen molar-refractivity contribution >= 4 is 5.91 Å². The van der Waals surface area contributed by atoms with Crippen LogP contribution in [-0.4, -0.2) is 34.9 Å². The standard InChI is InChI=1S/C50H97NO3/c1-3-5-7-9-11-13-14-15-16-17-18-19-20-21-22-23-24-25-26-27-28-29-30-31-32-33-34-35-36-38-39-41-43-45-49(53)48(47-52)51-50(54)46-44-42-40-37-12-10-8-6-4-2/h36,38,43,45,48-49,52-53H,3-35,37,39-42,44,46-47H2,1-2H3,(H,51,54)/b38-36+,45-43+. The Bertz CT molecular complexity index is 780. The quantitative estimate of drug-likeness (QED) is 0.0428. The van der Waals surface area contributed by atoms with E-state index in [1.807, 2.05) is 6.08 Å². The van der Waals surface area contributed by atoms with E-state index in [1.54, 1.807) is 6.08 Å². The molecule has 0 radical (unpaired) electrons. The van der Waals surface area contributed by atoms with E-state index in [-0.39, 0.29) is 12.5 Å². The van der Waals surface area contributed by atoms with Gasteiger partial charge in [-0.2, -0.15) is 0 Å². The second-order valence-corrected chi connectivity index (χ2v) is 16.9. The maximum absolute atomic E-state index is 12.3. The number of allylic oxidation sites excluding steroid dienone is 3. The topological polar surface area (TPSA) is 69.6 Å². The van der Waals surface area contributed by atoms with Crippen LogP contribution >= 0.6 is 0 Å². The van der Waals surface area contributed by atoms with Crippen molar-refractivity contribution in [1.82, 2.24) is 5.32 Å². The highest BCUT2D eigenvalue weighted by Gasteiger charge is 2.17.